The van der Waals surface area contributed by atoms with Crippen molar-refractivity contribution in [2.75, 3.05) is 0 Å². The average Bonchev–Trinajstić information content (AvgIpc) is 1.38. The van der Waals surface area contributed by atoms with Gasteiger partial charge >= 0.3 is 0 Å². The van der Waals surface area contributed by atoms with Gasteiger partial charge in [0.05, 0.1) is 6.04 Å². The minimum atomic E-state index is 0.176. The van der Waals surface area contributed by atoms with Crippen LogP contribution in [0.3, 0.4) is 0 Å². The van der Waals surface area contributed by atoms with Crippen LogP contribution in [0.2, 0.25) is 0 Å². The standard InChI is InChI=1S/C3H8N2/c1-3(2)5-4/h3-4H,1-2H3. The molecule has 0 amide bonds. The van der Waals surface area contributed by atoms with E-state index in [1.54, 1.807) is 0 Å². The second-order valence-electron chi connectivity index (χ2n) is 1.22. The van der Waals surface area contributed by atoms with Crippen molar-refractivity contribution in [2.45, 2.75) is 19.9 Å². The average molecular weight is 72.1 g/mol. The van der Waals surface area contributed by atoms with Gasteiger partial charge in [0.15, 0.2) is 0 Å². The molecule has 0 atom stereocenters. The fourth-order valence-corrected chi connectivity index (χ4v) is 0. The molecule has 0 aromatic carbocycles. The summed E-state index contributed by atoms with van der Waals surface area (Å²) in [6, 6.07) is 0.176. The van der Waals surface area contributed by atoms with Crippen LogP contribution in [0, 0.1) is 5.53 Å². The minimum Gasteiger partial charge on any atom is -0.210 e. The van der Waals surface area contributed by atoms with E-state index in [2.05, 4.69) is 5.11 Å². The van der Waals surface area contributed by atoms with Crippen LogP contribution < -0.4 is 0 Å². The quantitative estimate of drug-likeness (QED) is 0.455. The Morgan fingerprint density at radius 2 is 1.80 bits per heavy atom. The summed E-state index contributed by atoms with van der Waals surface area (Å²) in [6.45, 7) is 3.74. The van der Waals surface area contributed by atoms with E-state index in [0.29, 0.717) is 0 Å². The molecule has 30 valence electrons. The lowest BCUT2D eigenvalue weighted by molar-refractivity contribution is 0.749. The number of hydrogen-bond donors (Lipinski definition) is 1. The molecule has 2 nitrogen and oxygen atoms in total. The Morgan fingerprint density at radius 1 is 1.60 bits per heavy atom. The molecule has 0 saturated heterocycles. The van der Waals surface area contributed by atoms with Crippen LogP contribution in [0.5, 0.6) is 0 Å². The third-order valence-corrected chi connectivity index (χ3v) is 0.258. The van der Waals surface area contributed by atoms with Crippen molar-refractivity contribution in [3.8, 4) is 0 Å². The molecule has 0 bridgehead atoms. The van der Waals surface area contributed by atoms with Crippen molar-refractivity contribution in [2.24, 2.45) is 5.11 Å². The van der Waals surface area contributed by atoms with E-state index in [-0.39, 0.29) is 6.04 Å². The highest BCUT2D eigenvalue weighted by molar-refractivity contribution is 4.37. The summed E-state index contributed by atoms with van der Waals surface area (Å²) in [5.74, 6) is 0. The first-order valence-electron chi connectivity index (χ1n) is 1.64. The molecule has 0 radical (unpaired) electrons. The molecule has 0 heterocycles. The van der Waals surface area contributed by atoms with Crippen LogP contribution in [-0.4, -0.2) is 6.04 Å². The Balaban J connectivity index is 2.83. The van der Waals surface area contributed by atoms with E-state index in [4.69, 9.17) is 5.53 Å². The molecule has 0 saturated carbocycles. The Morgan fingerprint density at radius 3 is 1.80 bits per heavy atom. The van der Waals surface area contributed by atoms with Gasteiger partial charge in [0.25, 0.3) is 0 Å². The maximum absolute atomic E-state index is 6.28. The van der Waals surface area contributed by atoms with Gasteiger partial charge in [0, 0.05) is 0 Å². The van der Waals surface area contributed by atoms with E-state index in [1.807, 2.05) is 13.8 Å². The maximum Gasteiger partial charge on any atom is 0.0649 e. The Hall–Kier alpha value is -0.400. The van der Waals surface area contributed by atoms with E-state index >= 15 is 0 Å². The Bertz CT molecular complexity index is 31.9. The fourth-order valence-electron chi connectivity index (χ4n) is 0. The lowest BCUT2D eigenvalue weighted by atomic mass is 10.4. The normalized spacial score (nSPS) is 8.60. The highest BCUT2D eigenvalue weighted by Crippen LogP contribution is 1.78. The summed E-state index contributed by atoms with van der Waals surface area (Å²) in [7, 11) is 0. The molecule has 0 fully saturated rings. The second-order valence-corrected chi connectivity index (χ2v) is 1.22. The lowest BCUT2D eigenvalue weighted by Crippen LogP contribution is -1.81. The summed E-state index contributed by atoms with van der Waals surface area (Å²) in [6.07, 6.45) is 0. The van der Waals surface area contributed by atoms with Crippen LogP contribution in [-0.2, 0) is 0 Å². The van der Waals surface area contributed by atoms with Crippen LogP contribution in [0.25, 0.3) is 0 Å². The highest BCUT2D eigenvalue weighted by Gasteiger charge is 1.76. The summed E-state index contributed by atoms with van der Waals surface area (Å²) in [4.78, 5) is 0. The third-order valence-electron chi connectivity index (χ3n) is 0.258. The zero-order valence-corrected chi connectivity index (χ0v) is 3.52. The Labute approximate surface area is 31.7 Å². The SMILES string of the molecule is CC(C)N=N. The molecule has 0 aliphatic carbocycles. The minimum absolute atomic E-state index is 0.176. The zero-order chi connectivity index (χ0) is 4.28. The lowest BCUT2D eigenvalue weighted by Gasteiger charge is -1.82. The molecule has 1 N–H and O–H groups in total. The van der Waals surface area contributed by atoms with Crippen molar-refractivity contribution in [3.05, 3.63) is 0 Å². The van der Waals surface area contributed by atoms with E-state index in [9.17, 15) is 0 Å². The van der Waals surface area contributed by atoms with Gasteiger partial charge in [0.1, 0.15) is 0 Å². The molecule has 5 heavy (non-hydrogen) atoms. The molecule has 0 rings (SSSR count). The van der Waals surface area contributed by atoms with E-state index in [1.165, 1.54) is 0 Å². The first-order chi connectivity index (χ1) is 2.27. The van der Waals surface area contributed by atoms with Gasteiger partial charge in [-0.25, -0.2) is 5.53 Å². The van der Waals surface area contributed by atoms with Gasteiger partial charge in [-0.2, -0.15) is 5.11 Å². The van der Waals surface area contributed by atoms with E-state index < -0.39 is 0 Å². The van der Waals surface area contributed by atoms with E-state index in [0.717, 1.165) is 0 Å². The summed E-state index contributed by atoms with van der Waals surface area (Å²) in [5, 5.41) is 3.14. The maximum atomic E-state index is 6.28. The van der Waals surface area contributed by atoms with Crippen molar-refractivity contribution in [3.63, 3.8) is 0 Å². The predicted octanol–water partition coefficient (Wildman–Crippen LogP) is 1.43. The Kier molecular flexibility index (Phi) is 1.73. The van der Waals surface area contributed by atoms with Crippen LogP contribution in [0.15, 0.2) is 5.11 Å². The van der Waals surface area contributed by atoms with Crippen LogP contribution >= 0.6 is 0 Å². The largest absolute Gasteiger partial charge is 0.210 e. The number of nitrogens with one attached hydrogen (secondary N) is 1. The first-order valence-corrected chi connectivity index (χ1v) is 1.64. The second kappa shape index (κ2) is 1.88. The summed E-state index contributed by atoms with van der Waals surface area (Å²) < 4.78 is 0. The monoisotopic (exact) mass is 72.1 g/mol. The smallest absolute Gasteiger partial charge is 0.0649 e. The number of hydrogen-bond acceptors (Lipinski definition) is 2. The molecular weight excluding hydrogens is 64.0 g/mol. The zero-order valence-electron chi connectivity index (χ0n) is 3.52. The highest BCUT2D eigenvalue weighted by atomic mass is 15.0. The number of rotatable bonds is 1. The van der Waals surface area contributed by atoms with Gasteiger partial charge in [-0.1, -0.05) is 0 Å². The van der Waals surface area contributed by atoms with Crippen molar-refractivity contribution in [1.82, 2.24) is 0 Å². The van der Waals surface area contributed by atoms with Gasteiger partial charge < -0.3 is 0 Å². The molecular formula is C3H8N2. The van der Waals surface area contributed by atoms with Gasteiger partial charge in [0.2, 0.25) is 0 Å². The topological polar surface area (TPSA) is 36.2 Å². The number of nitrogens with zero attached hydrogens (tertiary/aromatic N) is 1. The van der Waals surface area contributed by atoms with Crippen LogP contribution in [0.1, 0.15) is 13.8 Å². The molecule has 0 aromatic rings. The van der Waals surface area contributed by atoms with Gasteiger partial charge in [-0.05, 0) is 13.8 Å². The summed E-state index contributed by atoms with van der Waals surface area (Å²) >= 11 is 0. The van der Waals surface area contributed by atoms with Gasteiger partial charge in [-0.15, -0.1) is 0 Å². The summed E-state index contributed by atoms with van der Waals surface area (Å²) in [5.41, 5.74) is 6.28. The molecule has 2 heteroatoms. The molecule has 0 aromatic heterocycles. The molecule has 0 unspecified atom stereocenters. The fraction of sp³-hybridized carbons (Fsp3) is 1.00. The first kappa shape index (κ1) is 4.60. The molecule has 0 aliphatic heterocycles. The van der Waals surface area contributed by atoms with Crippen molar-refractivity contribution >= 4 is 0 Å². The van der Waals surface area contributed by atoms with Crippen molar-refractivity contribution < 1.29 is 0 Å². The molecule has 0 spiro atoms. The van der Waals surface area contributed by atoms with Crippen LogP contribution in [0.4, 0.5) is 0 Å². The predicted molar refractivity (Wildman–Crippen MR) is 20.3 cm³/mol. The van der Waals surface area contributed by atoms with Crippen molar-refractivity contribution in [1.29, 1.82) is 5.53 Å². The van der Waals surface area contributed by atoms with Gasteiger partial charge in [-0.3, -0.25) is 0 Å². The molecule has 0 aliphatic rings. The third kappa shape index (κ3) is 3.60.